The summed E-state index contributed by atoms with van der Waals surface area (Å²) in [6, 6.07) is 0. The number of quaternary nitrogens is 1. The molecular weight excluding hydrogens is 402 g/mol. The lowest BCUT2D eigenvalue weighted by Crippen LogP contribution is -2.49. The van der Waals surface area contributed by atoms with Crippen molar-refractivity contribution in [2.45, 2.75) is 73.6 Å². The van der Waals surface area contributed by atoms with Crippen LogP contribution in [0.1, 0.15) is 79.3 Å². The van der Waals surface area contributed by atoms with Gasteiger partial charge in [0, 0.05) is 12.0 Å². The Morgan fingerprint density at radius 1 is 1.10 bits per heavy atom. The first-order valence-corrected chi connectivity index (χ1v) is 12.1. The summed E-state index contributed by atoms with van der Waals surface area (Å²) in [7, 11) is 2.07. The number of nitrogens with zero attached hydrogens (tertiary/aromatic N) is 3. The average molecular weight is 445 g/mol. The molecule has 0 radical (unpaired) electrons. The number of hydrogen-bond acceptors (Lipinski definition) is 7. The molecule has 1 atom stereocenters. The van der Waals surface area contributed by atoms with Crippen molar-refractivity contribution in [1.29, 1.82) is 0 Å². The van der Waals surface area contributed by atoms with Gasteiger partial charge in [-0.25, -0.2) is 4.79 Å². The van der Waals surface area contributed by atoms with Gasteiger partial charge in [0.1, 0.15) is 12.2 Å². The van der Waals surface area contributed by atoms with E-state index in [9.17, 15) is 4.79 Å². The highest BCUT2D eigenvalue weighted by Gasteiger charge is 2.31. The summed E-state index contributed by atoms with van der Waals surface area (Å²) < 4.78 is 25.3. The zero-order chi connectivity index (χ0) is 22.8. The molecule has 0 aliphatic carbocycles. The minimum atomic E-state index is -0.616. The number of ether oxygens (including phenoxy) is 3. The Bertz CT molecular complexity index is 607. The molecule has 0 aromatic carbocycles. The van der Waals surface area contributed by atoms with Gasteiger partial charge >= 0.3 is 6.16 Å². The third-order valence-electron chi connectivity index (χ3n) is 4.37. The van der Waals surface area contributed by atoms with Crippen LogP contribution in [0, 0.1) is 0 Å². The van der Waals surface area contributed by atoms with Crippen LogP contribution < -0.4 is 4.74 Å². The molecule has 0 amide bonds. The number of likely N-dealkylation sites (N-methyl/N-ethyl adjacent to an activating group) is 1. The summed E-state index contributed by atoms with van der Waals surface area (Å²) in [5.41, 5.74) is 1.93. The molecule has 0 spiro atoms. The fourth-order valence-electron chi connectivity index (χ4n) is 2.92. The number of rotatable bonds is 10. The van der Waals surface area contributed by atoms with E-state index in [0.29, 0.717) is 23.6 Å². The van der Waals surface area contributed by atoms with Crippen molar-refractivity contribution in [3.63, 3.8) is 0 Å². The van der Waals surface area contributed by atoms with Crippen LogP contribution in [0.15, 0.2) is 6.08 Å². The number of hydrogen-bond donors (Lipinski definition) is 0. The highest BCUT2D eigenvalue weighted by atomic mass is 32.1. The summed E-state index contributed by atoms with van der Waals surface area (Å²) in [6.07, 6.45) is 7.11. The Morgan fingerprint density at radius 2 is 1.83 bits per heavy atom. The summed E-state index contributed by atoms with van der Waals surface area (Å²) in [5, 5.41) is 0. The number of unbranched alkanes of at least 4 members (excludes halogenated alkanes) is 3. The summed E-state index contributed by atoms with van der Waals surface area (Å²) in [4.78, 5) is 11.5. The Balaban J connectivity index is 0.00000198. The van der Waals surface area contributed by atoms with E-state index in [1.54, 1.807) is 6.92 Å². The topological polar surface area (TPSA) is 70.5 Å². The van der Waals surface area contributed by atoms with Crippen molar-refractivity contribution in [2.24, 2.45) is 0 Å². The molecule has 0 N–H and O–H groups in total. The molecule has 0 bridgehead atoms. The Kier molecular flexibility index (Phi) is 16.1. The van der Waals surface area contributed by atoms with Gasteiger partial charge in [0.05, 0.1) is 38.5 Å². The molecule has 1 aliphatic heterocycles. The smallest absolute Gasteiger partial charge is 0.475 e. The fraction of sp³-hybridized carbons (Fsp3) is 0.773. The van der Waals surface area contributed by atoms with Gasteiger partial charge in [0.15, 0.2) is 0 Å². The van der Waals surface area contributed by atoms with Gasteiger partial charge in [-0.3, -0.25) is 4.48 Å². The lowest BCUT2D eigenvalue weighted by atomic mass is 10.1. The molecule has 1 aliphatic rings. The second-order valence-corrected chi connectivity index (χ2v) is 7.33. The zero-order valence-corrected chi connectivity index (χ0v) is 20.8. The van der Waals surface area contributed by atoms with Crippen molar-refractivity contribution in [3.8, 4) is 5.88 Å². The summed E-state index contributed by atoms with van der Waals surface area (Å²) in [6.45, 7) is 14.8. The predicted molar refractivity (Wildman–Crippen MR) is 124 cm³/mol. The first-order valence-electron chi connectivity index (χ1n) is 11.4. The van der Waals surface area contributed by atoms with Gasteiger partial charge < -0.3 is 14.2 Å². The Hall–Kier alpha value is -1.67. The maximum Gasteiger partial charge on any atom is 0.512 e. The SMILES string of the molecule is CC.CC.CCCCCCOc1nsnc1C1=CCC[N+](C)(COC(=O)OCC)C1. The quantitative estimate of drug-likeness (QED) is 0.254. The van der Waals surface area contributed by atoms with Crippen molar-refractivity contribution >= 4 is 23.5 Å². The largest absolute Gasteiger partial charge is 0.512 e. The van der Waals surface area contributed by atoms with Gasteiger partial charge in [-0.15, -0.1) is 4.37 Å². The van der Waals surface area contributed by atoms with Crippen molar-refractivity contribution in [3.05, 3.63) is 11.8 Å². The molecule has 2 heterocycles. The third kappa shape index (κ3) is 10.4. The van der Waals surface area contributed by atoms with Crippen LogP contribution in [0.2, 0.25) is 0 Å². The molecule has 7 nitrogen and oxygen atoms in total. The molecule has 0 saturated heterocycles. The Labute approximate surface area is 187 Å². The molecular formula is C22H42N3O4S+. The van der Waals surface area contributed by atoms with Crippen LogP contribution in [-0.4, -0.2) is 59.5 Å². The van der Waals surface area contributed by atoms with E-state index < -0.39 is 6.16 Å². The van der Waals surface area contributed by atoms with Gasteiger partial charge in [-0.2, -0.15) is 4.37 Å². The average Bonchev–Trinajstić information content (AvgIpc) is 3.24. The number of aromatic nitrogens is 2. The van der Waals surface area contributed by atoms with E-state index in [4.69, 9.17) is 14.2 Å². The molecule has 30 heavy (non-hydrogen) atoms. The van der Waals surface area contributed by atoms with Gasteiger partial charge in [-0.05, 0) is 13.3 Å². The van der Waals surface area contributed by atoms with E-state index in [1.807, 2.05) is 27.7 Å². The monoisotopic (exact) mass is 444 g/mol. The van der Waals surface area contributed by atoms with E-state index in [0.717, 1.165) is 37.2 Å². The van der Waals surface area contributed by atoms with Crippen LogP contribution in [0.25, 0.3) is 5.57 Å². The van der Waals surface area contributed by atoms with Gasteiger partial charge in [-0.1, -0.05) is 60.0 Å². The molecule has 0 saturated carbocycles. The van der Waals surface area contributed by atoms with Gasteiger partial charge in [0.25, 0.3) is 5.88 Å². The lowest BCUT2D eigenvalue weighted by molar-refractivity contribution is -0.919. The molecule has 174 valence electrons. The van der Waals surface area contributed by atoms with Crippen LogP contribution in [0.3, 0.4) is 0 Å². The third-order valence-corrected chi connectivity index (χ3v) is 4.88. The van der Waals surface area contributed by atoms with Crippen LogP contribution in [0.4, 0.5) is 4.79 Å². The minimum absolute atomic E-state index is 0.279. The summed E-state index contributed by atoms with van der Waals surface area (Å²) >= 11 is 1.18. The normalized spacial score (nSPS) is 17.5. The van der Waals surface area contributed by atoms with Crippen molar-refractivity contribution < 1.29 is 23.5 Å². The molecule has 1 unspecified atom stereocenters. The van der Waals surface area contributed by atoms with E-state index in [2.05, 4.69) is 28.8 Å². The Morgan fingerprint density at radius 3 is 2.50 bits per heavy atom. The molecule has 1 aromatic heterocycles. The highest BCUT2D eigenvalue weighted by molar-refractivity contribution is 6.99. The number of carbonyl (C=O) groups is 1. The van der Waals surface area contributed by atoms with Crippen molar-refractivity contribution in [1.82, 2.24) is 8.75 Å². The molecule has 0 fully saturated rings. The van der Waals surface area contributed by atoms with Crippen LogP contribution >= 0.6 is 11.7 Å². The van der Waals surface area contributed by atoms with E-state index >= 15 is 0 Å². The predicted octanol–water partition coefficient (Wildman–Crippen LogP) is 5.91. The molecule has 1 aromatic rings. The maximum atomic E-state index is 11.5. The first-order chi connectivity index (χ1) is 14.6. The fourth-order valence-corrected chi connectivity index (χ4v) is 3.46. The second-order valence-electron chi connectivity index (χ2n) is 6.80. The minimum Gasteiger partial charge on any atom is -0.475 e. The van der Waals surface area contributed by atoms with E-state index in [1.165, 1.54) is 31.0 Å². The van der Waals surface area contributed by atoms with Crippen molar-refractivity contribution in [2.75, 3.05) is 40.1 Å². The highest BCUT2D eigenvalue weighted by Crippen LogP contribution is 2.30. The second kappa shape index (κ2) is 17.1. The standard InChI is InChI=1S/C18H30N3O4S.2C2H6/c1-4-6-7-8-12-24-17-16(19-26-20-17)15-10-9-11-21(3,13-15)14-25-18(22)23-5-2;2*1-2/h10H,4-9,11-14H2,1-3H3;2*1-2H3/q+1;;. The van der Waals surface area contributed by atoms with Crippen LogP contribution in [0.5, 0.6) is 5.88 Å². The van der Waals surface area contributed by atoms with Crippen LogP contribution in [-0.2, 0) is 9.47 Å². The summed E-state index contributed by atoms with van der Waals surface area (Å²) in [5.74, 6) is 0.623. The zero-order valence-electron chi connectivity index (χ0n) is 20.0. The van der Waals surface area contributed by atoms with Gasteiger partial charge in [0.2, 0.25) is 6.73 Å². The maximum absolute atomic E-state index is 11.5. The lowest BCUT2D eigenvalue weighted by Gasteiger charge is -2.36. The molecule has 8 heteroatoms. The van der Waals surface area contributed by atoms with E-state index in [-0.39, 0.29) is 6.73 Å². The molecule has 2 rings (SSSR count). The number of carbonyl (C=O) groups excluding carboxylic acids is 1. The first kappa shape index (κ1) is 28.3.